The number of rotatable bonds is 3. The highest BCUT2D eigenvalue weighted by Gasteiger charge is 2.09. The fraction of sp³-hybridized carbons (Fsp3) is 0. The standard InChI is InChI=1S/C15H11N5S/c1-2-13(18-14-5-8-17-20-14)19-15-11(9-21-12(1)15)10-3-6-16-7-4-10/h1-9H,(H2,17,18,19,20). The first-order valence-corrected chi connectivity index (χ1v) is 7.33. The fourth-order valence-electron chi connectivity index (χ4n) is 2.18. The van der Waals surface area contributed by atoms with Crippen molar-refractivity contribution in [1.29, 1.82) is 0 Å². The number of aromatic nitrogens is 4. The molecule has 0 radical (unpaired) electrons. The quantitative estimate of drug-likeness (QED) is 0.602. The SMILES string of the molecule is c1cc(-c2csc3ccc(Nc4ccn[nH]4)nc23)ccn1. The third-order valence-corrected chi connectivity index (χ3v) is 4.11. The van der Waals surface area contributed by atoms with Crippen LogP contribution in [0.5, 0.6) is 0 Å². The highest BCUT2D eigenvalue weighted by molar-refractivity contribution is 7.17. The molecule has 4 aromatic heterocycles. The van der Waals surface area contributed by atoms with Crippen LogP contribution in [0.4, 0.5) is 11.6 Å². The Labute approximate surface area is 124 Å². The van der Waals surface area contributed by atoms with Gasteiger partial charge in [-0.15, -0.1) is 11.3 Å². The summed E-state index contributed by atoms with van der Waals surface area (Å²) in [7, 11) is 0. The van der Waals surface area contributed by atoms with Crippen LogP contribution in [0.3, 0.4) is 0 Å². The number of thiophene rings is 1. The predicted octanol–water partition coefficient (Wildman–Crippen LogP) is 3.83. The van der Waals surface area contributed by atoms with Gasteiger partial charge in [-0.05, 0) is 29.8 Å². The van der Waals surface area contributed by atoms with Crippen molar-refractivity contribution in [3.05, 3.63) is 54.3 Å². The van der Waals surface area contributed by atoms with Crippen molar-refractivity contribution in [2.45, 2.75) is 0 Å². The number of H-pyrrole nitrogens is 1. The van der Waals surface area contributed by atoms with E-state index in [1.54, 1.807) is 29.9 Å². The molecule has 2 N–H and O–H groups in total. The van der Waals surface area contributed by atoms with E-state index >= 15 is 0 Å². The lowest BCUT2D eigenvalue weighted by molar-refractivity contribution is 1.09. The summed E-state index contributed by atoms with van der Waals surface area (Å²) < 4.78 is 1.16. The van der Waals surface area contributed by atoms with E-state index in [2.05, 4.69) is 31.9 Å². The van der Waals surface area contributed by atoms with Gasteiger partial charge in [-0.3, -0.25) is 10.1 Å². The Kier molecular flexibility index (Phi) is 2.86. The maximum atomic E-state index is 4.72. The van der Waals surface area contributed by atoms with Crippen LogP contribution in [0.1, 0.15) is 0 Å². The van der Waals surface area contributed by atoms with E-state index in [-0.39, 0.29) is 0 Å². The van der Waals surface area contributed by atoms with Crippen LogP contribution in [0, 0.1) is 0 Å². The Balaban J connectivity index is 1.79. The molecule has 21 heavy (non-hydrogen) atoms. The largest absolute Gasteiger partial charge is 0.325 e. The second-order valence-corrected chi connectivity index (χ2v) is 5.44. The van der Waals surface area contributed by atoms with Crippen LogP contribution in [0.15, 0.2) is 54.3 Å². The predicted molar refractivity (Wildman–Crippen MR) is 84.7 cm³/mol. The molecule has 0 spiro atoms. The molecule has 0 atom stereocenters. The van der Waals surface area contributed by atoms with Gasteiger partial charge in [-0.2, -0.15) is 5.10 Å². The minimum absolute atomic E-state index is 0.792. The maximum absolute atomic E-state index is 4.72. The van der Waals surface area contributed by atoms with Gasteiger partial charge >= 0.3 is 0 Å². The van der Waals surface area contributed by atoms with Crippen molar-refractivity contribution in [1.82, 2.24) is 20.2 Å². The minimum atomic E-state index is 0.792. The molecule has 0 unspecified atom stereocenters. The maximum Gasteiger partial charge on any atom is 0.132 e. The molecule has 0 aliphatic carbocycles. The third-order valence-electron chi connectivity index (χ3n) is 3.17. The number of aromatic amines is 1. The summed E-state index contributed by atoms with van der Waals surface area (Å²) in [5.41, 5.74) is 3.25. The Morgan fingerprint density at radius 1 is 1.00 bits per heavy atom. The first-order chi connectivity index (χ1) is 10.4. The van der Waals surface area contributed by atoms with Crippen LogP contribution in [-0.2, 0) is 0 Å². The van der Waals surface area contributed by atoms with Crippen LogP contribution in [0.25, 0.3) is 21.3 Å². The minimum Gasteiger partial charge on any atom is -0.325 e. The summed E-state index contributed by atoms with van der Waals surface area (Å²) in [4.78, 5) is 8.78. The monoisotopic (exact) mass is 293 g/mol. The number of hydrogen-bond donors (Lipinski definition) is 2. The first-order valence-electron chi connectivity index (χ1n) is 6.45. The summed E-state index contributed by atoms with van der Waals surface area (Å²) >= 11 is 1.69. The van der Waals surface area contributed by atoms with Gasteiger partial charge in [0.15, 0.2) is 0 Å². The lowest BCUT2D eigenvalue weighted by Gasteiger charge is -2.04. The molecule has 5 nitrogen and oxygen atoms in total. The van der Waals surface area contributed by atoms with E-state index in [9.17, 15) is 0 Å². The molecule has 0 aliphatic rings. The Morgan fingerprint density at radius 2 is 1.90 bits per heavy atom. The van der Waals surface area contributed by atoms with E-state index in [0.29, 0.717) is 0 Å². The molecule has 6 heteroatoms. The summed E-state index contributed by atoms with van der Waals surface area (Å²) in [6.07, 6.45) is 5.30. The molecule has 0 aliphatic heterocycles. The normalized spacial score (nSPS) is 10.9. The van der Waals surface area contributed by atoms with Crippen molar-refractivity contribution < 1.29 is 0 Å². The Bertz CT molecular complexity index is 868. The summed E-state index contributed by atoms with van der Waals surface area (Å²) in [6.45, 7) is 0. The average Bonchev–Trinajstić information content (AvgIpc) is 3.17. The van der Waals surface area contributed by atoms with Crippen molar-refractivity contribution in [3.63, 3.8) is 0 Å². The zero-order valence-electron chi connectivity index (χ0n) is 10.9. The molecule has 4 aromatic rings. The third kappa shape index (κ3) is 2.25. The molecular weight excluding hydrogens is 282 g/mol. The highest BCUT2D eigenvalue weighted by Crippen LogP contribution is 2.33. The molecule has 0 aromatic carbocycles. The van der Waals surface area contributed by atoms with Gasteiger partial charge in [0, 0.05) is 29.4 Å². The number of pyridine rings is 2. The van der Waals surface area contributed by atoms with Gasteiger partial charge in [0.25, 0.3) is 0 Å². The second kappa shape index (κ2) is 4.99. The Morgan fingerprint density at radius 3 is 2.71 bits per heavy atom. The van der Waals surface area contributed by atoms with Crippen molar-refractivity contribution >= 4 is 33.2 Å². The topological polar surface area (TPSA) is 66.5 Å². The number of nitrogens with one attached hydrogen (secondary N) is 2. The van der Waals surface area contributed by atoms with E-state index in [1.165, 1.54) is 0 Å². The molecule has 4 heterocycles. The molecule has 0 bridgehead atoms. The van der Waals surface area contributed by atoms with Gasteiger partial charge in [0.2, 0.25) is 0 Å². The lowest BCUT2D eigenvalue weighted by atomic mass is 10.1. The van der Waals surface area contributed by atoms with Gasteiger partial charge in [-0.1, -0.05) is 0 Å². The number of hydrogen-bond acceptors (Lipinski definition) is 5. The second-order valence-electron chi connectivity index (χ2n) is 4.52. The van der Waals surface area contributed by atoms with E-state index in [1.807, 2.05) is 24.3 Å². The highest BCUT2D eigenvalue weighted by atomic mass is 32.1. The number of fused-ring (bicyclic) bond motifs is 1. The molecule has 0 amide bonds. The molecule has 4 rings (SSSR count). The molecule has 0 fully saturated rings. The van der Waals surface area contributed by atoms with Crippen LogP contribution in [-0.4, -0.2) is 20.2 Å². The first kappa shape index (κ1) is 12.0. The van der Waals surface area contributed by atoms with Crippen molar-refractivity contribution in [2.24, 2.45) is 0 Å². The van der Waals surface area contributed by atoms with Crippen LogP contribution in [0.2, 0.25) is 0 Å². The van der Waals surface area contributed by atoms with Gasteiger partial charge in [0.05, 0.1) is 16.4 Å². The molecule has 0 saturated heterocycles. The zero-order chi connectivity index (χ0) is 14.1. The van der Waals surface area contributed by atoms with E-state index in [0.717, 1.165) is 33.0 Å². The molecule has 0 saturated carbocycles. The number of nitrogens with zero attached hydrogens (tertiary/aromatic N) is 3. The zero-order valence-corrected chi connectivity index (χ0v) is 11.8. The smallest absolute Gasteiger partial charge is 0.132 e. The average molecular weight is 293 g/mol. The van der Waals surface area contributed by atoms with Crippen LogP contribution >= 0.6 is 11.3 Å². The van der Waals surface area contributed by atoms with Gasteiger partial charge in [0.1, 0.15) is 11.6 Å². The van der Waals surface area contributed by atoms with Crippen LogP contribution < -0.4 is 5.32 Å². The van der Waals surface area contributed by atoms with Crippen molar-refractivity contribution in [2.75, 3.05) is 5.32 Å². The lowest BCUT2D eigenvalue weighted by Crippen LogP contribution is -1.93. The molecular formula is C15H11N5S. The summed E-state index contributed by atoms with van der Waals surface area (Å²) in [6, 6.07) is 9.91. The van der Waals surface area contributed by atoms with E-state index < -0.39 is 0 Å². The van der Waals surface area contributed by atoms with Gasteiger partial charge < -0.3 is 5.32 Å². The summed E-state index contributed by atoms with van der Waals surface area (Å²) in [5, 5.41) is 12.1. The fourth-order valence-corrected chi connectivity index (χ4v) is 3.09. The van der Waals surface area contributed by atoms with Crippen molar-refractivity contribution in [3.8, 4) is 11.1 Å². The summed E-state index contributed by atoms with van der Waals surface area (Å²) in [5.74, 6) is 1.61. The van der Waals surface area contributed by atoms with Gasteiger partial charge in [-0.25, -0.2) is 4.98 Å². The van der Waals surface area contributed by atoms with E-state index in [4.69, 9.17) is 4.98 Å². The Hall–Kier alpha value is -2.73. The molecule has 102 valence electrons. The number of anilines is 2.